The number of carbonyl (C=O) groups is 2. The average Bonchev–Trinajstić information content (AvgIpc) is 2.92. The van der Waals surface area contributed by atoms with Crippen molar-refractivity contribution in [2.45, 2.75) is 38.2 Å². The highest BCUT2D eigenvalue weighted by Crippen LogP contribution is 2.24. The van der Waals surface area contributed by atoms with Gasteiger partial charge in [-0.1, -0.05) is 0 Å². The second-order valence-corrected chi connectivity index (χ2v) is 4.72. The predicted molar refractivity (Wildman–Crippen MR) is 70.3 cm³/mol. The van der Waals surface area contributed by atoms with E-state index in [0.29, 0.717) is 11.7 Å². The number of methoxy groups -OCH3 is 1. The molecule has 0 bridgehead atoms. The van der Waals surface area contributed by atoms with E-state index in [1.54, 1.807) is 24.3 Å². The van der Waals surface area contributed by atoms with Gasteiger partial charge in [0, 0.05) is 5.56 Å². The van der Waals surface area contributed by atoms with Gasteiger partial charge in [0.25, 0.3) is 0 Å². The Labute approximate surface area is 112 Å². The van der Waals surface area contributed by atoms with E-state index in [1.165, 1.54) is 20.0 Å². The molecule has 19 heavy (non-hydrogen) atoms. The lowest BCUT2D eigenvalue weighted by molar-refractivity contribution is -0.139. The van der Waals surface area contributed by atoms with Gasteiger partial charge in [-0.15, -0.1) is 0 Å². The summed E-state index contributed by atoms with van der Waals surface area (Å²) in [6, 6.07) is 6.94. The number of hydrogen-bond acceptors (Lipinski definition) is 4. The van der Waals surface area contributed by atoms with Crippen LogP contribution < -0.4 is 4.74 Å². The number of carbonyl (C=O) groups excluding carboxylic acids is 2. The lowest BCUT2D eigenvalue weighted by Crippen LogP contribution is -2.11. The number of esters is 1. The first-order valence-electron chi connectivity index (χ1n) is 6.56. The monoisotopic (exact) mass is 262 g/mol. The molecular weight excluding hydrogens is 244 g/mol. The van der Waals surface area contributed by atoms with Crippen LogP contribution in [0.1, 0.15) is 42.5 Å². The fourth-order valence-corrected chi connectivity index (χ4v) is 2.22. The molecule has 0 radical (unpaired) electrons. The number of rotatable bonds is 5. The fourth-order valence-electron chi connectivity index (χ4n) is 2.22. The number of hydrogen-bond donors (Lipinski definition) is 0. The van der Waals surface area contributed by atoms with Crippen LogP contribution in [-0.4, -0.2) is 25.0 Å². The van der Waals surface area contributed by atoms with Crippen molar-refractivity contribution in [3.05, 3.63) is 29.8 Å². The molecule has 102 valence electrons. The Hall–Kier alpha value is -1.84. The first kappa shape index (κ1) is 13.6. The van der Waals surface area contributed by atoms with Crippen molar-refractivity contribution in [1.82, 2.24) is 0 Å². The average molecular weight is 262 g/mol. The van der Waals surface area contributed by atoms with Gasteiger partial charge >= 0.3 is 5.97 Å². The Morgan fingerprint density at radius 3 is 2.37 bits per heavy atom. The molecule has 1 aliphatic carbocycles. The molecule has 1 saturated carbocycles. The summed E-state index contributed by atoms with van der Waals surface area (Å²) >= 11 is 0. The van der Waals surface area contributed by atoms with Gasteiger partial charge in [0.2, 0.25) is 0 Å². The summed E-state index contributed by atoms with van der Waals surface area (Å²) in [5, 5.41) is 0. The molecule has 0 N–H and O–H groups in total. The molecule has 0 aromatic heterocycles. The van der Waals surface area contributed by atoms with Crippen molar-refractivity contribution in [2.24, 2.45) is 0 Å². The molecule has 0 heterocycles. The van der Waals surface area contributed by atoms with Crippen molar-refractivity contribution in [1.29, 1.82) is 0 Å². The van der Waals surface area contributed by atoms with Gasteiger partial charge in [-0.3, -0.25) is 9.59 Å². The largest absolute Gasteiger partial charge is 0.490 e. The Bertz CT molecular complexity index is 444. The van der Waals surface area contributed by atoms with Crippen LogP contribution in [0.5, 0.6) is 5.75 Å². The van der Waals surface area contributed by atoms with Crippen molar-refractivity contribution >= 4 is 11.8 Å². The maximum atomic E-state index is 11.7. The first-order valence-corrected chi connectivity index (χ1v) is 6.56. The lowest BCUT2D eigenvalue weighted by Gasteiger charge is -2.13. The standard InChI is InChI=1S/C15H18O4/c1-18-15(17)10-14(16)11-6-8-13(9-7-11)19-12-4-2-3-5-12/h6-9,12H,2-5,10H2,1H3. The smallest absolute Gasteiger partial charge is 0.313 e. The number of Topliss-reactive ketones (excluding diaryl/α,β-unsaturated/α-hetero) is 1. The van der Waals surface area contributed by atoms with E-state index in [9.17, 15) is 9.59 Å². The molecular formula is C15H18O4. The van der Waals surface area contributed by atoms with Gasteiger partial charge in [-0.2, -0.15) is 0 Å². The van der Waals surface area contributed by atoms with Gasteiger partial charge in [0.15, 0.2) is 5.78 Å². The minimum Gasteiger partial charge on any atom is -0.490 e. The van der Waals surface area contributed by atoms with Crippen LogP contribution in [0.4, 0.5) is 0 Å². The zero-order valence-corrected chi connectivity index (χ0v) is 11.1. The second kappa shape index (κ2) is 6.36. The molecule has 1 fully saturated rings. The van der Waals surface area contributed by atoms with Crippen LogP contribution in [0.15, 0.2) is 24.3 Å². The van der Waals surface area contributed by atoms with Gasteiger partial charge < -0.3 is 9.47 Å². The topological polar surface area (TPSA) is 52.6 Å². The zero-order chi connectivity index (χ0) is 13.7. The third kappa shape index (κ3) is 3.81. The highest BCUT2D eigenvalue weighted by atomic mass is 16.5. The van der Waals surface area contributed by atoms with Gasteiger partial charge in [0.05, 0.1) is 13.2 Å². The number of benzene rings is 1. The normalized spacial score (nSPS) is 15.2. The number of ether oxygens (including phenoxy) is 2. The molecule has 0 atom stereocenters. The molecule has 1 aromatic carbocycles. The van der Waals surface area contributed by atoms with E-state index in [0.717, 1.165) is 18.6 Å². The Balaban J connectivity index is 1.93. The molecule has 1 aliphatic rings. The van der Waals surface area contributed by atoms with Gasteiger partial charge in [0.1, 0.15) is 12.2 Å². The molecule has 0 aliphatic heterocycles. The Morgan fingerprint density at radius 2 is 1.79 bits per heavy atom. The van der Waals surface area contributed by atoms with E-state index in [4.69, 9.17) is 4.74 Å². The third-order valence-corrected chi connectivity index (χ3v) is 3.31. The van der Waals surface area contributed by atoms with Gasteiger partial charge in [-0.05, 0) is 49.9 Å². The fraction of sp³-hybridized carbons (Fsp3) is 0.467. The van der Waals surface area contributed by atoms with Crippen LogP contribution in [-0.2, 0) is 9.53 Å². The van der Waals surface area contributed by atoms with Crippen LogP contribution >= 0.6 is 0 Å². The zero-order valence-electron chi connectivity index (χ0n) is 11.1. The maximum Gasteiger partial charge on any atom is 0.313 e. The summed E-state index contributed by atoms with van der Waals surface area (Å²) in [5.41, 5.74) is 0.504. The van der Waals surface area contributed by atoms with Crippen LogP contribution in [0.2, 0.25) is 0 Å². The molecule has 2 rings (SSSR count). The first-order chi connectivity index (χ1) is 9.19. The van der Waals surface area contributed by atoms with E-state index in [-0.39, 0.29) is 12.2 Å². The van der Waals surface area contributed by atoms with Crippen LogP contribution in [0.25, 0.3) is 0 Å². The van der Waals surface area contributed by atoms with E-state index >= 15 is 0 Å². The van der Waals surface area contributed by atoms with Crippen molar-refractivity contribution in [3.63, 3.8) is 0 Å². The van der Waals surface area contributed by atoms with Crippen molar-refractivity contribution in [3.8, 4) is 5.75 Å². The summed E-state index contributed by atoms with van der Waals surface area (Å²) in [6.07, 6.45) is 4.73. The summed E-state index contributed by atoms with van der Waals surface area (Å²) in [7, 11) is 1.27. The van der Waals surface area contributed by atoms with E-state index < -0.39 is 5.97 Å². The summed E-state index contributed by atoms with van der Waals surface area (Å²) < 4.78 is 10.3. The molecule has 4 heteroatoms. The maximum absolute atomic E-state index is 11.7. The van der Waals surface area contributed by atoms with Gasteiger partial charge in [-0.25, -0.2) is 0 Å². The molecule has 0 amide bonds. The van der Waals surface area contributed by atoms with E-state index in [2.05, 4.69) is 4.74 Å². The molecule has 0 unspecified atom stereocenters. The minimum absolute atomic E-state index is 0.223. The molecule has 0 spiro atoms. The minimum atomic E-state index is -0.517. The molecule has 4 nitrogen and oxygen atoms in total. The Morgan fingerprint density at radius 1 is 1.16 bits per heavy atom. The summed E-state index contributed by atoms with van der Waals surface area (Å²) in [4.78, 5) is 22.8. The van der Waals surface area contributed by atoms with Crippen molar-refractivity contribution in [2.75, 3.05) is 7.11 Å². The van der Waals surface area contributed by atoms with E-state index in [1.807, 2.05) is 0 Å². The number of ketones is 1. The predicted octanol–water partition coefficient (Wildman–Crippen LogP) is 2.75. The molecule has 0 saturated heterocycles. The lowest BCUT2D eigenvalue weighted by atomic mass is 10.1. The highest BCUT2D eigenvalue weighted by Gasteiger charge is 2.17. The summed E-state index contributed by atoms with van der Waals surface area (Å²) in [5.74, 6) is 0.0251. The highest BCUT2D eigenvalue weighted by molar-refractivity contribution is 6.05. The van der Waals surface area contributed by atoms with Crippen LogP contribution in [0.3, 0.4) is 0 Å². The molecule has 1 aromatic rings. The summed E-state index contributed by atoms with van der Waals surface area (Å²) in [6.45, 7) is 0. The van der Waals surface area contributed by atoms with Crippen LogP contribution in [0, 0.1) is 0 Å². The second-order valence-electron chi connectivity index (χ2n) is 4.72. The Kier molecular flexibility index (Phi) is 4.55. The SMILES string of the molecule is COC(=O)CC(=O)c1ccc(OC2CCCC2)cc1. The van der Waals surface area contributed by atoms with Crippen molar-refractivity contribution < 1.29 is 19.1 Å². The quantitative estimate of drug-likeness (QED) is 0.465. The third-order valence-electron chi connectivity index (χ3n) is 3.31.